The van der Waals surface area contributed by atoms with Crippen molar-refractivity contribution in [1.29, 1.82) is 0 Å². The molecule has 20 heavy (non-hydrogen) atoms. The first kappa shape index (κ1) is 15.5. The smallest absolute Gasteiger partial charge is 0.405 e. The SMILES string of the molecule is CN(CC(=O)NCc1ccccc1)C(=O)CNC(=O)O. The highest BCUT2D eigenvalue weighted by Gasteiger charge is 2.13. The molecular formula is C13H17N3O4. The summed E-state index contributed by atoms with van der Waals surface area (Å²) < 4.78 is 0. The maximum absolute atomic E-state index is 11.6. The molecule has 0 fully saturated rings. The van der Waals surface area contributed by atoms with E-state index in [9.17, 15) is 14.4 Å². The van der Waals surface area contributed by atoms with E-state index in [1.807, 2.05) is 35.6 Å². The third-order valence-electron chi connectivity index (χ3n) is 2.53. The van der Waals surface area contributed by atoms with E-state index in [1.165, 1.54) is 7.05 Å². The van der Waals surface area contributed by atoms with Crippen molar-refractivity contribution < 1.29 is 19.5 Å². The molecule has 1 aromatic rings. The van der Waals surface area contributed by atoms with E-state index in [0.29, 0.717) is 6.54 Å². The van der Waals surface area contributed by atoms with Gasteiger partial charge in [-0.25, -0.2) is 4.79 Å². The van der Waals surface area contributed by atoms with Gasteiger partial charge in [0.05, 0.1) is 6.54 Å². The van der Waals surface area contributed by atoms with Crippen LogP contribution < -0.4 is 10.6 Å². The van der Waals surface area contributed by atoms with E-state index in [2.05, 4.69) is 5.32 Å². The lowest BCUT2D eigenvalue weighted by Crippen LogP contribution is -2.42. The van der Waals surface area contributed by atoms with Crippen LogP contribution in [0.2, 0.25) is 0 Å². The fourth-order valence-electron chi connectivity index (χ4n) is 1.44. The fraction of sp³-hybridized carbons (Fsp3) is 0.308. The van der Waals surface area contributed by atoms with Gasteiger partial charge in [-0.05, 0) is 5.56 Å². The molecule has 3 N–H and O–H groups in total. The first-order chi connectivity index (χ1) is 9.49. The van der Waals surface area contributed by atoms with Crippen LogP contribution in [0.25, 0.3) is 0 Å². The summed E-state index contributed by atoms with van der Waals surface area (Å²) in [6, 6.07) is 9.38. The van der Waals surface area contributed by atoms with Crippen LogP contribution in [-0.2, 0) is 16.1 Å². The van der Waals surface area contributed by atoms with Gasteiger partial charge in [0.15, 0.2) is 0 Å². The summed E-state index contributed by atoms with van der Waals surface area (Å²) in [7, 11) is 1.44. The van der Waals surface area contributed by atoms with E-state index in [4.69, 9.17) is 5.11 Å². The molecule has 0 bridgehead atoms. The molecule has 0 aliphatic carbocycles. The summed E-state index contributed by atoms with van der Waals surface area (Å²) in [4.78, 5) is 34.5. The number of amides is 3. The van der Waals surface area contributed by atoms with Crippen LogP contribution in [0.3, 0.4) is 0 Å². The second-order valence-corrected chi connectivity index (χ2v) is 4.17. The zero-order chi connectivity index (χ0) is 15.0. The quantitative estimate of drug-likeness (QED) is 0.684. The average Bonchev–Trinajstić information content (AvgIpc) is 2.43. The molecule has 7 heteroatoms. The molecule has 108 valence electrons. The van der Waals surface area contributed by atoms with Crippen molar-refractivity contribution in [2.24, 2.45) is 0 Å². The Hall–Kier alpha value is -2.57. The van der Waals surface area contributed by atoms with Gasteiger partial charge in [-0.1, -0.05) is 30.3 Å². The number of hydrogen-bond acceptors (Lipinski definition) is 3. The Bertz CT molecular complexity index is 476. The van der Waals surface area contributed by atoms with Crippen LogP contribution in [0.4, 0.5) is 4.79 Å². The minimum atomic E-state index is -1.28. The Morgan fingerprint density at radius 3 is 2.40 bits per heavy atom. The second-order valence-electron chi connectivity index (χ2n) is 4.17. The van der Waals surface area contributed by atoms with Crippen molar-refractivity contribution in [1.82, 2.24) is 15.5 Å². The molecule has 0 aliphatic rings. The highest BCUT2D eigenvalue weighted by atomic mass is 16.4. The van der Waals surface area contributed by atoms with Crippen molar-refractivity contribution in [3.05, 3.63) is 35.9 Å². The maximum atomic E-state index is 11.6. The molecule has 0 unspecified atom stereocenters. The van der Waals surface area contributed by atoms with Crippen LogP contribution in [0.1, 0.15) is 5.56 Å². The van der Waals surface area contributed by atoms with Crippen LogP contribution in [-0.4, -0.2) is 48.1 Å². The topological polar surface area (TPSA) is 98.7 Å². The Kier molecular flexibility index (Phi) is 6.02. The summed E-state index contributed by atoms with van der Waals surface area (Å²) in [6.07, 6.45) is -1.28. The molecule has 0 aromatic heterocycles. The molecule has 0 atom stereocenters. The summed E-state index contributed by atoms with van der Waals surface area (Å²) in [6.45, 7) is -0.0835. The van der Waals surface area contributed by atoms with Gasteiger partial charge in [0.2, 0.25) is 11.8 Å². The number of nitrogens with one attached hydrogen (secondary N) is 2. The normalized spacial score (nSPS) is 9.65. The average molecular weight is 279 g/mol. The molecule has 0 heterocycles. The maximum Gasteiger partial charge on any atom is 0.405 e. The summed E-state index contributed by atoms with van der Waals surface area (Å²) in [5, 5.41) is 13.0. The number of carbonyl (C=O) groups is 3. The standard InChI is InChI=1S/C13H17N3O4/c1-16(12(18)8-15-13(19)20)9-11(17)14-7-10-5-3-2-4-6-10/h2-6,15H,7-9H2,1H3,(H,14,17)(H,19,20). The molecule has 7 nitrogen and oxygen atoms in total. The first-order valence-electron chi connectivity index (χ1n) is 6.00. The number of hydrogen-bond donors (Lipinski definition) is 3. The number of nitrogens with zero attached hydrogens (tertiary/aromatic N) is 1. The zero-order valence-electron chi connectivity index (χ0n) is 11.1. The predicted octanol–water partition coefficient (Wildman–Crippen LogP) is 0.0288. The highest BCUT2D eigenvalue weighted by Crippen LogP contribution is 1.97. The molecule has 0 saturated heterocycles. The van der Waals surface area contributed by atoms with Gasteiger partial charge in [-0.15, -0.1) is 0 Å². The molecule has 1 rings (SSSR count). The van der Waals surface area contributed by atoms with E-state index < -0.39 is 12.0 Å². The molecule has 0 spiro atoms. The molecule has 0 saturated carbocycles. The van der Waals surface area contributed by atoms with E-state index in [-0.39, 0.29) is 19.0 Å². The highest BCUT2D eigenvalue weighted by molar-refractivity contribution is 5.86. The molecule has 3 amide bonds. The van der Waals surface area contributed by atoms with Crippen molar-refractivity contribution in [2.75, 3.05) is 20.1 Å². The number of rotatable bonds is 6. The van der Waals surface area contributed by atoms with Gasteiger partial charge >= 0.3 is 6.09 Å². The van der Waals surface area contributed by atoms with Gasteiger partial charge in [-0.2, -0.15) is 0 Å². The van der Waals surface area contributed by atoms with E-state index >= 15 is 0 Å². The number of likely N-dealkylation sites (N-methyl/N-ethyl adjacent to an activating group) is 1. The monoisotopic (exact) mass is 279 g/mol. The Balaban J connectivity index is 2.30. The van der Waals surface area contributed by atoms with Gasteiger partial charge < -0.3 is 20.6 Å². The van der Waals surface area contributed by atoms with Crippen LogP contribution >= 0.6 is 0 Å². The Morgan fingerprint density at radius 2 is 1.80 bits per heavy atom. The van der Waals surface area contributed by atoms with Crippen molar-refractivity contribution >= 4 is 17.9 Å². The first-order valence-corrected chi connectivity index (χ1v) is 6.00. The molecular weight excluding hydrogens is 262 g/mol. The summed E-state index contributed by atoms with van der Waals surface area (Å²) >= 11 is 0. The van der Waals surface area contributed by atoms with E-state index in [0.717, 1.165) is 10.5 Å². The summed E-state index contributed by atoms with van der Waals surface area (Å²) in [5.74, 6) is -0.776. The molecule has 1 aromatic carbocycles. The minimum absolute atomic E-state index is 0.118. The van der Waals surface area contributed by atoms with Crippen LogP contribution in [0, 0.1) is 0 Å². The third kappa shape index (κ3) is 5.85. The second kappa shape index (κ2) is 7.78. The minimum Gasteiger partial charge on any atom is -0.465 e. The van der Waals surface area contributed by atoms with Gasteiger partial charge in [0, 0.05) is 13.6 Å². The lowest BCUT2D eigenvalue weighted by molar-refractivity contribution is -0.134. The van der Waals surface area contributed by atoms with Gasteiger partial charge in [0.25, 0.3) is 0 Å². The predicted molar refractivity (Wildman–Crippen MR) is 72.0 cm³/mol. The van der Waals surface area contributed by atoms with Gasteiger partial charge in [-0.3, -0.25) is 9.59 Å². The Labute approximate surface area is 116 Å². The molecule has 0 radical (unpaired) electrons. The lowest BCUT2D eigenvalue weighted by atomic mass is 10.2. The molecule has 0 aliphatic heterocycles. The largest absolute Gasteiger partial charge is 0.465 e. The van der Waals surface area contributed by atoms with E-state index in [1.54, 1.807) is 0 Å². The summed E-state index contributed by atoms with van der Waals surface area (Å²) in [5.41, 5.74) is 0.961. The number of carboxylic acid groups (broad SMARTS) is 1. The van der Waals surface area contributed by atoms with Crippen molar-refractivity contribution in [2.45, 2.75) is 6.54 Å². The fourth-order valence-corrected chi connectivity index (χ4v) is 1.44. The zero-order valence-corrected chi connectivity index (χ0v) is 11.1. The number of carbonyl (C=O) groups excluding carboxylic acids is 2. The number of benzene rings is 1. The Morgan fingerprint density at radius 1 is 1.15 bits per heavy atom. The van der Waals surface area contributed by atoms with Crippen molar-refractivity contribution in [3.63, 3.8) is 0 Å². The van der Waals surface area contributed by atoms with Crippen molar-refractivity contribution in [3.8, 4) is 0 Å². The lowest BCUT2D eigenvalue weighted by Gasteiger charge is -2.16. The third-order valence-corrected chi connectivity index (χ3v) is 2.53. The van der Waals surface area contributed by atoms with Crippen LogP contribution in [0.15, 0.2) is 30.3 Å². The van der Waals surface area contributed by atoms with Crippen LogP contribution in [0.5, 0.6) is 0 Å². The van der Waals surface area contributed by atoms with Gasteiger partial charge in [0.1, 0.15) is 6.54 Å².